The van der Waals surface area contributed by atoms with E-state index in [2.05, 4.69) is 5.32 Å². The zero-order valence-electron chi connectivity index (χ0n) is 10.1. The summed E-state index contributed by atoms with van der Waals surface area (Å²) in [6.07, 6.45) is 0.205. The molecule has 2 N–H and O–H groups in total. The maximum atomic E-state index is 11.8. The number of rotatable bonds is 4. The number of carbonyl (C=O) groups is 1. The minimum absolute atomic E-state index is 0.0794. The highest BCUT2D eigenvalue weighted by Gasteiger charge is 2.07. The molecule has 0 saturated carbocycles. The molecule has 1 heterocycles. The third-order valence-corrected chi connectivity index (χ3v) is 3.78. The number of amides is 1. The van der Waals surface area contributed by atoms with Crippen LogP contribution in [0.3, 0.4) is 0 Å². The van der Waals surface area contributed by atoms with Crippen LogP contribution >= 0.6 is 11.3 Å². The Morgan fingerprint density at radius 2 is 2.11 bits per heavy atom. The maximum Gasteiger partial charge on any atom is 0.224 e. The van der Waals surface area contributed by atoms with Crippen molar-refractivity contribution in [2.45, 2.75) is 19.9 Å². The van der Waals surface area contributed by atoms with Gasteiger partial charge in [0.1, 0.15) is 5.75 Å². The first-order valence-corrected chi connectivity index (χ1v) is 6.61. The molecule has 94 valence electrons. The number of nitrogens with one attached hydrogen (secondary N) is 1. The van der Waals surface area contributed by atoms with Crippen LogP contribution in [0.1, 0.15) is 16.0 Å². The molecule has 0 atom stereocenters. The predicted molar refractivity (Wildman–Crippen MR) is 72.7 cm³/mol. The Balaban J connectivity index is 1.90. The summed E-state index contributed by atoms with van der Waals surface area (Å²) in [7, 11) is 0. The molecule has 1 aromatic heterocycles. The van der Waals surface area contributed by atoms with E-state index >= 15 is 0 Å². The largest absolute Gasteiger partial charge is 0.508 e. The lowest BCUT2D eigenvalue weighted by molar-refractivity contribution is -0.120. The Hall–Kier alpha value is -1.81. The number of hydrogen-bond acceptors (Lipinski definition) is 3. The number of hydrogen-bond donors (Lipinski definition) is 2. The Morgan fingerprint density at radius 3 is 2.78 bits per heavy atom. The molecule has 1 amide bonds. The van der Waals surface area contributed by atoms with Gasteiger partial charge in [-0.2, -0.15) is 0 Å². The van der Waals surface area contributed by atoms with Crippen LogP contribution in [0.15, 0.2) is 35.7 Å². The van der Waals surface area contributed by atoms with Gasteiger partial charge in [-0.3, -0.25) is 4.79 Å². The van der Waals surface area contributed by atoms with E-state index in [0.717, 1.165) is 0 Å². The lowest BCUT2D eigenvalue weighted by Gasteiger charge is -2.06. The fourth-order valence-electron chi connectivity index (χ4n) is 1.66. The fraction of sp³-hybridized carbons (Fsp3) is 0.214. The molecule has 0 radical (unpaired) electrons. The summed E-state index contributed by atoms with van der Waals surface area (Å²) in [4.78, 5) is 12.9. The van der Waals surface area contributed by atoms with Crippen LogP contribution in [-0.2, 0) is 17.8 Å². The smallest absolute Gasteiger partial charge is 0.224 e. The van der Waals surface area contributed by atoms with E-state index in [0.29, 0.717) is 12.1 Å². The second-order valence-electron chi connectivity index (χ2n) is 4.11. The summed E-state index contributed by atoms with van der Waals surface area (Å²) in [5.41, 5.74) is 1.85. The quantitative estimate of drug-likeness (QED) is 0.889. The highest BCUT2D eigenvalue weighted by molar-refractivity contribution is 7.10. The van der Waals surface area contributed by atoms with E-state index in [1.165, 1.54) is 10.4 Å². The lowest BCUT2D eigenvalue weighted by atomic mass is 10.1. The first kappa shape index (κ1) is 12.6. The fourth-order valence-corrected chi connectivity index (χ4v) is 2.51. The van der Waals surface area contributed by atoms with Crippen molar-refractivity contribution >= 4 is 17.2 Å². The van der Waals surface area contributed by atoms with Gasteiger partial charge in [-0.25, -0.2) is 0 Å². The third-order valence-electron chi connectivity index (χ3n) is 2.76. The van der Waals surface area contributed by atoms with E-state index in [1.54, 1.807) is 29.5 Å². The molecule has 0 fully saturated rings. The molecule has 0 aliphatic heterocycles. The lowest BCUT2D eigenvalue weighted by Crippen LogP contribution is -2.24. The minimum atomic E-state index is -0.0794. The number of phenolic OH excluding ortho intramolecular Hbond substituents is 1. The molecule has 3 nitrogen and oxygen atoms in total. The SMILES string of the molecule is Cc1ccsc1CNC(=O)Cc1ccccc1O. The van der Waals surface area contributed by atoms with Gasteiger partial charge in [0.2, 0.25) is 5.91 Å². The molecule has 2 aromatic rings. The van der Waals surface area contributed by atoms with Crippen LogP contribution < -0.4 is 5.32 Å². The monoisotopic (exact) mass is 261 g/mol. The van der Waals surface area contributed by atoms with Gasteiger partial charge in [0.15, 0.2) is 0 Å². The van der Waals surface area contributed by atoms with E-state index in [9.17, 15) is 9.90 Å². The van der Waals surface area contributed by atoms with Crippen LogP contribution in [0, 0.1) is 6.92 Å². The van der Waals surface area contributed by atoms with Crippen molar-refractivity contribution in [3.05, 3.63) is 51.7 Å². The van der Waals surface area contributed by atoms with Crippen LogP contribution in [-0.4, -0.2) is 11.0 Å². The number of aromatic hydroxyl groups is 1. The van der Waals surface area contributed by atoms with Crippen LogP contribution in [0.2, 0.25) is 0 Å². The predicted octanol–water partition coefficient (Wildman–Crippen LogP) is 2.62. The molecule has 4 heteroatoms. The Kier molecular flexibility index (Phi) is 3.99. The van der Waals surface area contributed by atoms with Gasteiger partial charge in [0.05, 0.1) is 13.0 Å². The van der Waals surface area contributed by atoms with Crippen molar-refractivity contribution in [1.82, 2.24) is 5.32 Å². The van der Waals surface area contributed by atoms with Gasteiger partial charge >= 0.3 is 0 Å². The van der Waals surface area contributed by atoms with E-state index < -0.39 is 0 Å². The van der Waals surface area contributed by atoms with Gasteiger partial charge in [-0.15, -0.1) is 11.3 Å². The van der Waals surface area contributed by atoms with Crippen molar-refractivity contribution < 1.29 is 9.90 Å². The first-order chi connectivity index (χ1) is 8.66. The summed E-state index contributed by atoms with van der Waals surface area (Å²) in [6, 6.07) is 8.93. The summed E-state index contributed by atoms with van der Waals surface area (Å²) in [5.74, 6) is 0.0873. The molecular weight excluding hydrogens is 246 g/mol. The van der Waals surface area contributed by atoms with Gasteiger partial charge < -0.3 is 10.4 Å². The normalized spacial score (nSPS) is 10.3. The molecule has 0 aliphatic rings. The summed E-state index contributed by atoms with van der Waals surface area (Å²) in [6.45, 7) is 2.58. The minimum Gasteiger partial charge on any atom is -0.508 e. The highest BCUT2D eigenvalue weighted by Crippen LogP contribution is 2.17. The molecule has 0 spiro atoms. The number of aryl methyl sites for hydroxylation is 1. The van der Waals surface area contributed by atoms with Crippen molar-refractivity contribution in [3.63, 3.8) is 0 Å². The average Bonchev–Trinajstić information content (AvgIpc) is 2.75. The summed E-state index contributed by atoms with van der Waals surface area (Å²) >= 11 is 1.64. The second-order valence-corrected chi connectivity index (χ2v) is 5.11. The molecule has 0 saturated heterocycles. The van der Waals surface area contributed by atoms with Crippen molar-refractivity contribution in [2.75, 3.05) is 0 Å². The highest BCUT2D eigenvalue weighted by atomic mass is 32.1. The molecule has 0 bridgehead atoms. The van der Waals surface area contributed by atoms with Crippen molar-refractivity contribution in [1.29, 1.82) is 0 Å². The van der Waals surface area contributed by atoms with Gasteiger partial charge in [0, 0.05) is 10.4 Å². The first-order valence-electron chi connectivity index (χ1n) is 5.73. The van der Waals surface area contributed by atoms with Gasteiger partial charge in [0.25, 0.3) is 0 Å². The molecule has 1 aromatic carbocycles. The van der Waals surface area contributed by atoms with Gasteiger partial charge in [-0.05, 0) is 30.0 Å². The number of para-hydroxylation sites is 1. The average molecular weight is 261 g/mol. The zero-order valence-corrected chi connectivity index (χ0v) is 11.0. The summed E-state index contributed by atoms with van der Waals surface area (Å²) < 4.78 is 0. The van der Waals surface area contributed by atoms with Crippen LogP contribution in [0.5, 0.6) is 5.75 Å². The third kappa shape index (κ3) is 3.11. The van der Waals surface area contributed by atoms with E-state index in [4.69, 9.17) is 0 Å². The standard InChI is InChI=1S/C14H15NO2S/c1-10-6-7-18-13(10)9-15-14(17)8-11-4-2-3-5-12(11)16/h2-7,16H,8-9H2,1H3,(H,15,17). The van der Waals surface area contributed by atoms with E-state index in [1.807, 2.05) is 24.4 Å². The van der Waals surface area contributed by atoms with Crippen molar-refractivity contribution in [2.24, 2.45) is 0 Å². The number of benzene rings is 1. The Morgan fingerprint density at radius 1 is 1.33 bits per heavy atom. The van der Waals surface area contributed by atoms with Crippen LogP contribution in [0.4, 0.5) is 0 Å². The molecule has 0 aliphatic carbocycles. The topological polar surface area (TPSA) is 49.3 Å². The Labute approximate surface area is 110 Å². The summed E-state index contributed by atoms with van der Waals surface area (Å²) in [5, 5.41) is 14.5. The second kappa shape index (κ2) is 5.69. The molecule has 18 heavy (non-hydrogen) atoms. The number of thiophene rings is 1. The number of phenols is 1. The molecule has 0 unspecified atom stereocenters. The molecular formula is C14H15NO2S. The van der Waals surface area contributed by atoms with Gasteiger partial charge in [-0.1, -0.05) is 18.2 Å². The van der Waals surface area contributed by atoms with Crippen LogP contribution in [0.25, 0.3) is 0 Å². The molecule has 2 rings (SSSR count). The maximum absolute atomic E-state index is 11.8. The number of carbonyl (C=O) groups excluding carboxylic acids is 1. The van der Waals surface area contributed by atoms with E-state index in [-0.39, 0.29) is 18.1 Å². The van der Waals surface area contributed by atoms with Crippen molar-refractivity contribution in [3.8, 4) is 5.75 Å². The zero-order chi connectivity index (χ0) is 13.0. The Bertz CT molecular complexity index is 548.